The first-order valence-electron chi connectivity index (χ1n) is 12.4. The molecule has 0 amide bonds. The van der Waals surface area contributed by atoms with E-state index in [0.29, 0.717) is 20.9 Å². The Morgan fingerprint density at radius 1 is 0.553 bits per heavy atom. The second-order valence-electron chi connectivity index (χ2n) is 11.0. The van der Waals surface area contributed by atoms with Crippen molar-refractivity contribution in [2.24, 2.45) is 0 Å². The van der Waals surface area contributed by atoms with Crippen molar-refractivity contribution >= 4 is 46.1 Å². The minimum atomic E-state index is -0.508. The Morgan fingerprint density at radius 2 is 0.895 bits per heavy atom. The molecule has 0 atom stereocenters. The van der Waals surface area contributed by atoms with Crippen molar-refractivity contribution in [3.05, 3.63) is 116 Å². The number of ether oxygens (including phenoxy) is 2. The van der Waals surface area contributed by atoms with Crippen molar-refractivity contribution in [1.82, 2.24) is 0 Å². The Hall–Kier alpha value is -3.48. The standard InChI is InChI=1S/C32H32O4S2/c1-31(2,3)23-15-11-21(12-16-23)27(35-29(33)25-9-7-19-37-25)28(36-30(34)26-10-8-20-38-26)22-13-17-24(18-14-22)32(4,5)6/h7-20H,1-6H3/b28-27+. The molecule has 0 radical (unpaired) electrons. The van der Waals surface area contributed by atoms with Crippen LogP contribution < -0.4 is 0 Å². The van der Waals surface area contributed by atoms with Gasteiger partial charge in [0.15, 0.2) is 11.5 Å². The van der Waals surface area contributed by atoms with Gasteiger partial charge in [-0.05, 0) is 44.8 Å². The van der Waals surface area contributed by atoms with Crippen molar-refractivity contribution in [3.63, 3.8) is 0 Å². The molecule has 2 aromatic carbocycles. The van der Waals surface area contributed by atoms with Crippen molar-refractivity contribution in [1.29, 1.82) is 0 Å². The van der Waals surface area contributed by atoms with E-state index in [0.717, 1.165) is 11.1 Å². The SMILES string of the molecule is CC(C)(C)c1ccc(/C(OC(=O)c2cccs2)=C(\OC(=O)c2cccs2)c2ccc(C(C)(C)C)cc2)cc1. The summed E-state index contributed by atoms with van der Waals surface area (Å²) in [6, 6.07) is 22.7. The summed E-state index contributed by atoms with van der Waals surface area (Å²) in [6.45, 7) is 12.8. The molecule has 0 N–H and O–H groups in total. The first kappa shape index (κ1) is 27.6. The van der Waals surface area contributed by atoms with Crippen LogP contribution in [0.3, 0.4) is 0 Å². The minimum absolute atomic E-state index is 0.0483. The van der Waals surface area contributed by atoms with Gasteiger partial charge in [0.25, 0.3) is 0 Å². The Kier molecular flexibility index (Phi) is 8.05. The van der Waals surface area contributed by atoms with Crippen LogP contribution in [0, 0.1) is 0 Å². The van der Waals surface area contributed by atoms with Crippen LogP contribution in [0.2, 0.25) is 0 Å². The summed E-state index contributed by atoms with van der Waals surface area (Å²) in [7, 11) is 0. The van der Waals surface area contributed by atoms with Gasteiger partial charge in [0.2, 0.25) is 0 Å². The van der Waals surface area contributed by atoms with Gasteiger partial charge in [0.1, 0.15) is 9.75 Å². The smallest absolute Gasteiger partial charge is 0.353 e. The quantitative estimate of drug-likeness (QED) is 0.138. The molecule has 0 saturated heterocycles. The zero-order chi connectivity index (χ0) is 27.5. The van der Waals surface area contributed by atoms with E-state index in [1.54, 1.807) is 24.3 Å². The van der Waals surface area contributed by atoms with E-state index in [1.807, 2.05) is 59.3 Å². The molecule has 4 nitrogen and oxygen atoms in total. The van der Waals surface area contributed by atoms with E-state index < -0.39 is 11.9 Å². The fourth-order valence-corrected chi connectivity index (χ4v) is 4.99. The summed E-state index contributed by atoms with van der Waals surface area (Å²) in [5.74, 6) is -0.633. The predicted octanol–water partition coefficient (Wildman–Crippen LogP) is 8.94. The highest BCUT2D eigenvalue weighted by atomic mass is 32.1. The monoisotopic (exact) mass is 544 g/mol. The van der Waals surface area contributed by atoms with Crippen molar-refractivity contribution in [3.8, 4) is 0 Å². The molecule has 2 aromatic heterocycles. The fraction of sp³-hybridized carbons (Fsp3) is 0.250. The lowest BCUT2D eigenvalue weighted by atomic mass is 9.86. The molecule has 0 aliphatic rings. The molecular formula is C32H32O4S2. The van der Waals surface area contributed by atoms with Gasteiger partial charge in [-0.2, -0.15) is 0 Å². The van der Waals surface area contributed by atoms with Crippen LogP contribution in [-0.2, 0) is 20.3 Å². The number of benzene rings is 2. The number of rotatable bonds is 6. The highest BCUT2D eigenvalue weighted by Crippen LogP contribution is 2.34. The third kappa shape index (κ3) is 6.50. The molecule has 2 heterocycles. The third-order valence-corrected chi connectivity index (χ3v) is 7.77. The second-order valence-corrected chi connectivity index (χ2v) is 12.9. The number of esters is 2. The molecule has 0 saturated carbocycles. The minimum Gasteiger partial charge on any atom is -0.418 e. The van der Waals surface area contributed by atoms with E-state index in [1.165, 1.54) is 22.7 Å². The average molecular weight is 545 g/mol. The van der Waals surface area contributed by atoms with Crippen molar-refractivity contribution < 1.29 is 19.1 Å². The number of hydrogen-bond acceptors (Lipinski definition) is 6. The Labute approximate surface area is 232 Å². The zero-order valence-corrected chi connectivity index (χ0v) is 24.2. The van der Waals surface area contributed by atoms with Crippen LogP contribution in [0.4, 0.5) is 0 Å². The highest BCUT2D eigenvalue weighted by Gasteiger charge is 2.25. The maximum Gasteiger partial charge on any atom is 0.353 e. The van der Waals surface area contributed by atoms with E-state index in [-0.39, 0.29) is 22.3 Å². The molecule has 0 fully saturated rings. The largest absolute Gasteiger partial charge is 0.418 e. The van der Waals surface area contributed by atoms with Gasteiger partial charge in [-0.25, -0.2) is 9.59 Å². The Morgan fingerprint density at radius 3 is 1.16 bits per heavy atom. The maximum atomic E-state index is 13.2. The fourth-order valence-electron chi connectivity index (χ4n) is 3.79. The van der Waals surface area contributed by atoms with Gasteiger partial charge in [-0.15, -0.1) is 22.7 Å². The Bertz CT molecular complexity index is 1300. The molecule has 4 rings (SSSR count). The molecule has 196 valence electrons. The van der Waals surface area contributed by atoms with E-state index in [4.69, 9.17) is 9.47 Å². The van der Waals surface area contributed by atoms with Crippen molar-refractivity contribution in [2.75, 3.05) is 0 Å². The van der Waals surface area contributed by atoms with Crippen LogP contribution in [0.1, 0.15) is 83.1 Å². The van der Waals surface area contributed by atoms with Gasteiger partial charge in [0, 0.05) is 11.1 Å². The lowest BCUT2D eigenvalue weighted by molar-refractivity contribution is 0.0652. The molecule has 0 aliphatic carbocycles. The molecule has 0 spiro atoms. The molecular weight excluding hydrogens is 512 g/mol. The summed E-state index contributed by atoms with van der Waals surface area (Å²) < 4.78 is 12.0. The highest BCUT2D eigenvalue weighted by molar-refractivity contribution is 7.12. The van der Waals surface area contributed by atoms with Gasteiger partial charge in [-0.3, -0.25) is 0 Å². The van der Waals surface area contributed by atoms with Crippen LogP contribution >= 0.6 is 22.7 Å². The lowest BCUT2D eigenvalue weighted by Gasteiger charge is -2.21. The van der Waals surface area contributed by atoms with Crippen LogP contribution in [0.25, 0.3) is 11.5 Å². The molecule has 6 heteroatoms. The maximum absolute atomic E-state index is 13.2. The average Bonchev–Trinajstić information content (AvgIpc) is 3.60. The van der Waals surface area contributed by atoms with Crippen LogP contribution in [-0.4, -0.2) is 11.9 Å². The first-order chi connectivity index (χ1) is 17.9. The summed E-state index contributed by atoms with van der Waals surface area (Å²) >= 11 is 2.59. The van der Waals surface area contributed by atoms with Crippen molar-refractivity contribution in [2.45, 2.75) is 52.4 Å². The number of hydrogen-bond donors (Lipinski definition) is 0. The van der Waals surface area contributed by atoms with E-state index in [9.17, 15) is 9.59 Å². The van der Waals surface area contributed by atoms with Gasteiger partial charge in [-0.1, -0.05) is 102 Å². The molecule has 0 bridgehead atoms. The number of carbonyl (C=O) groups is 2. The van der Waals surface area contributed by atoms with E-state index in [2.05, 4.69) is 41.5 Å². The molecule has 0 unspecified atom stereocenters. The molecule has 38 heavy (non-hydrogen) atoms. The predicted molar refractivity (Wildman–Crippen MR) is 157 cm³/mol. The Balaban J connectivity index is 1.89. The topological polar surface area (TPSA) is 52.6 Å². The molecule has 0 aliphatic heterocycles. The zero-order valence-electron chi connectivity index (χ0n) is 22.5. The summed E-state index contributed by atoms with van der Waals surface area (Å²) in [5, 5.41) is 3.64. The number of carbonyl (C=O) groups excluding carboxylic acids is 2. The summed E-state index contributed by atoms with van der Waals surface area (Å²) in [6.07, 6.45) is 0. The third-order valence-electron chi connectivity index (χ3n) is 6.07. The summed E-state index contributed by atoms with van der Waals surface area (Å²) in [4.78, 5) is 27.3. The molecule has 4 aromatic rings. The first-order valence-corrected chi connectivity index (χ1v) is 14.2. The summed E-state index contributed by atoms with van der Waals surface area (Å²) in [5.41, 5.74) is 3.45. The van der Waals surface area contributed by atoms with Gasteiger partial charge >= 0.3 is 11.9 Å². The van der Waals surface area contributed by atoms with Crippen LogP contribution in [0.15, 0.2) is 83.6 Å². The second kappa shape index (κ2) is 11.1. The normalized spacial score (nSPS) is 12.6. The van der Waals surface area contributed by atoms with Gasteiger partial charge < -0.3 is 9.47 Å². The van der Waals surface area contributed by atoms with Crippen LogP contribution in [0.5, 0.6) is 0 Å². The lowest BCUT2D eigenvalue weighted by Crippen LogP contribution is -2.13. The van der Waals surface area contributed by atoms with Gasteiger partial charge in [0.05, 0.1) is 0 Å². The van der Waals surface area contributed by atoms with E-state index >= 15 is 0 Å². The number of thiophene rings is 2.